The molecular weight excluding hydrogens is 929 g/mol. The second kappa shape index (κ2) is 18.2. The van der Waals surface area contributed by atoms with Crippen molar-refractivity contribution < 1.29 is 0 Å². The fourth-order valence-corrected chi connectivity index (χ4v) is 12.5. The van der Waals surface area contributed by atoms with Gasteiger partial charge in [0.05, 0.1) is 28.1 Å². The Morgan fingerprint density at radius 2 is 0.844 bits per heavy atom. The van der Waals surface area contributed by atoms with Gasteiger partial charge in [0.1, 0.15) is 0 Å². The molecule has 1 aromatic heterocycles. The SMILES string of the molecule is CC(C)(C)c1cc(-c2cccc3cccc(-c4ccccc4N(c4ccccc4-c4ccc5c(c4)C(C)(C)c4ccccc4-5)c4ccccc4-c4cccc5c6ccccc6n(-c6ccccc6)c45)c23)cc(C(C)(C)C)c1. The molecule has 0 atom stereocenters. The summed E-state index contributed by atoms with van der Waals surface area (Å²) in [7, 11) is 0. The molecule has 0 saturated carbocycles. The molecule has 2 heteroatoms. The van der Waals surface area contributed by atoms with E-state index in [-0.39, 0.29) is 16.2 Å². The van der Waals surface area contributed by atoms with E-state index in [2.05, 4.69) is 308 Å². The van der Waals surface area contributed by atoms with Gasteiger partial charge in [-0.1, -0.05) is 256 Å². The first kappa shape index (κ1) is 48.0. The van der Waals surface area contributed by atoms with Crippen LogP contribution in [0.5, 0.6) is 0 Å². The van der Waals surface area contributed by atoms with E-state index in [1.807, 2.05) is 0 Å². The lowest BCUT2D eigenvalue weighted by atomic mass is 9.78. The zero-order valence-electron chi connectivity index (χ0n) is 45.5. The molecule has 0 aliphatic heterocycles. The van der Waals surface area contributed by atoms with Gasteiger partial charge in [-0.05, 0) is 120 Å². The van der Waals surface area contributed by atoms with Crippen molar-refractivity contribution in [3.05, 3.63) is 265 Å². The molecule has 374 valence electrons. The van der Waals surface area contributed by atoms with Crippen LogP contribution < -0.4 is 4.90 Å². The number of aromatic nitrogens is 1. The van der Waals surface area contributed by atoms with Crippen LogP contribution in [0.4, 0.5) is 17.1 Å². The van der Waals surface area contributed by atoms with Gasteiger partial charge in [-0.2, -0.15) is 0 Å². The van der Waals surface area contributed by atoms with Crippen molar-refractivity contribution in [1.29, 1.82) is 0 Å². The van der Waals surface area contributed by atoms with Gasteiger partial charge in [-0.15, -0.1) is 0 Å². The monoisotopic (exact) mass is 993 g/mol. The van der Waals surface area contributed by atoms with Crippen molar-refractivity contribution in [3.8, 4) is 61.3 Å². The zero-order valence-corrected chi connectivity index (χ0v) is 45.5. The number of fused-ring (bicyclic) bond motifs is 7. The summed E-state index contributed by atoms with van der Waals surface area (Å²) in [6.45, 7) is 18.7. The smallest absolute Gasteiger partial charge is 0.0620 e. The zero-order chi connectivity index (χ0) is 52.8. The Labute approximate surface area is 454 Å². The van der Waals surface area contributed by atoms with Gasteiger partial charge < -0.3 is 9.47 Å². The maximum absolute atomic E-state index is 2.57. The third-order valence-corrected chi connectivity index (χ3v) is 16.5. The van der Waals surface area contributed by atoms with Crippen LogP contribution in [0.3, 0.4) is 0 Å². The normalized spacial score (nSPS) is 13.0. The summed E-state index contributed by atoms with van der Waals surface area (Å²) in [5, 5.41) is 4.91. The molecule has 0 N–H and O–H groups in total. The number of benzene rings is 11. The largest absolute Gasteiger partial charge is 0.309 e. The minimum atomic E-state index is -0.155. The van der Waals surface area contributed by atoms with Crippen LogP contribution in [0.1, 0.15) is 77.6 Å². The number of hydrogen-bond donors (Lipinski definition) is 0. The van der Waals surface area contributed by atoms with Crippen molar-refractivity contribution in [2.75, 3.05) is 4.90 Å². The molecule has 12 aromatic rings. The van der Waals surface area contributed by atoms with Crippen molar-refractivity contribution in [2.24, 2.45) is 0 Å². The Hall–Kier alpha value is -8.72. The molecule has 1 aliphatic rings. The lowest BCUT2D eigenvalue weighted by molar-refractivity contribution is 0.569. The van der Waals surface area contributed by atoms with Gasteiger partial charge in [-0.3, -0.25) is 0 Å². The van der Waals surface area contributed by atoms with E-state index in [1.165, 1.54) is 88.2 Å². The predicted octanol–water partition coefficient (Wildman–Crippen LogP) is 21.0. The van der Waals surface area contributed by atoms with Crippen molar-refractivity contribution in [3.63, 3.8) is 0 Å². The predicted molar refractivity (Wildman–Crippen MR) is 330 cm³/mol. The van der Waals surface area contributed by atoms with Crippen LogP contribution in [-0.4, -0.2) is 4.57 Å². The maximum atomic E-state index is 2.57. The molecule has 0 spiro atoms. The molecule has 0 unspecified atom stereocenters. The third kappa shape index (κ3) is 8.00. The van der Waals surface area contributed by atoms with Gasteiger partial charge in [-0.25, -0.2) is 0 Å². The second-order valence-corrected chi connectivity index (χ2v) is 23.7. The number of hydrogen-bond acceptors (Lipinski definition) is 1. The summed E-state index contributed by atoms with van der Waals surface area (Å²) in [5.74, 6) is 0. The average molecular weight is 993 g/mol. The van der Waals surface area contributed by atoms with Gasteiger partial charge in [0.25, 0.3) is 0 Å². The van der Waals surface area contributed by atoms with Crippen LogP contribution in [0.15, 0.2) is 243 Å². The van der Waals surface area contributed by atoms with E-state index >= 15 is 0 Å². The molecular formula is C75H64N2. The number of para-hydroxylation sites is 6. The average Bonchev–Trinajstić information content (AvgIpc) is 4.11. The van der Waals surface area contributed by atoms with E-state index < -0.39 is 0 Å². The van der Waals surface area contributed by atoms with E-state index in [0.717, 1.165) is 45.0 Å². The van der Waals surface area contributed by atoms with E-state index in [0.29, 0.717) is 0 Å². The summed E-state index contributed by atoms with van der Waals surface area (Å²) in [6, 6.07) is 91.0. The van der Waals surface area contributed by atoms with E-state index in [9.17, 15) is 0 Å². The first-order valence-electron chi connectivity index (χ1n) is 27.3. The Kier molecular flexibility index (Phi) is 11.4. The summed E-state index contributed by atoms with van der Waals surface area (Å²) < 4.78 is 2.46. The summed E-state index contributed by atoms with van der Waals surface area (Å²) in [6.07, 6.45) is 0. The molecule has 0 amide bonds. The first-order valence-corrected chi connectivity index (χ1v) is 27.3. The molecule has 0 fully saturated rings. The van der Waals surface area contributed by atoms with Gasteiger partial charge in [0.2, 0.25) is 0 Å². The lowest BCUT2D eigenvalue weighted by Crippen LogP contribution is -2.16. The van der Waals surface area contributed by atoms with Crippen molar-refractivity contribution in [1.82, 2.24) is 4.57 Å². The molecule has 1 heterocycles. The molecule has 77 heavy (non-hydrogen) atoms. The summed E-state index contributed by atoms with van der Waals surface area (Å²) in [4.78, 5) is 2.57. The Morgan fingerprint density at radius 3 is 1.52 bits per heavy atom. The van der Waals surface area contributed by atoms with Crippen LogP contribution in [0, 0.1) is 0 Å². The number of anilines is 3. The highest BCUT2D eigenvalue weighted by Gasteiger charge is 2.36. The minimum Gasteiger partial charge on any atom is -0.309 e. The van der Waals surface area contributed by atoms with Crippen LogP contribution in [-0.2, 0) is 16.2 Å². The maximum Gasteiger partial charge on any atom is 0.0620 e. The fraction of sp³-hybridized carbons (Fsp3) is 0.147. The van der Waals surface area contributed by atoms with E-state index in [1.54, 1.807) is 0 Å². The molecule has 1 aliphatic carbocycles. The Morgan fingerprint density at radius 1 is 0.351 bits per heavy atom. The van der Waals surface area contributed by atoms with Gasteiger partial charge in [0, 0.05) is 44.1 Å². The molecule has 2 nitrogen and oxygen atoms in total. The standard InChI is InChI=1S/C75H64N2/c1-73(2,3)52-45-51(46-53(48-52)74(4,5)6)56-34-22-25-49-26-23-35-62(71(49)56)59-31-14-20-41-69(59)77(67-39-18-13-29-55(67)50-43-44-58-57-30-12-17-38-65(57)75(7,8)66(58)47-50)70-42-21-16-33-61(70)64-37-24-36-63-60-32-15-19-40-68(60)76(72(63)64)54-27-10-9-11-28-54/h9-48H,1-8H3. The van der Waals surface area contributed by atoms with Crippen molar-refractivity contribution >= 4 is 49.6 Å². The summed E-state index contributed by atoms with van der Waals surface area (Å²) >= 11 is 0. The van der Waals surface area contributed by atoms with Crippen LogP contribution in [0.25, 0.3) is 93.9 Å². The minimum absolute atomic E-state index is 0.0321. The van der Waals surface area contributed by atoms with Crippen LogP contribution in [0.2, 0.25) is 0 Å². The van der Waals surface area contributed by atoms with Crippen LogP contribution >= 0.6 is 0 Å². The molecule has 0 bridgehead atoms. The first-order chi connectivity index (χ1) is 37.3. The number of nitrogens with zero attached hydrogens (tertiary/aromatic N) is 2. The molecule has 11 aromatic carbocycles. The topological polar surface area (TPSA) is 8.17 Å². The highest BCUT2D eigenvalue weighted by atomic mass is 15.2. The van der Waals surface area contributed by atoms with Gasteiger partial charge >= 0.3 is 0 Å². The molecule has 0 radical (unpaired) electrons. The molecule has 13 rings (SSSR count). The van der Waals surface area contributed by atoms with Crippen molar-refractivity contribution in [2.45, 2.75) is 71.6 Å². The highest BCUT2D eigenvalue weighted by molar-refractivity contribution is 6.15. The lowest BCUT2D eigenvalue weighted by Gasteiger charge is -2.32. The highest BCUT2D eigenvalue weighted by Crippen LogP contribution is 2.53. The Balaban J connectivity index is 1.10. The fourth-order valence-electron chi connectivity index (χ4n) is 12.5. The second-order valence-electron chi connectivity index (χ2n) is 23.7. The van der Waals surface area contributed by atoms with E-state index in [4.69, 9.17) is 0 Å². The number of rotatable bonds is 8. The quantitative estimate of drug-likeness (QED) is 0.147. The van der Waals surface area contributed by atoms with Gasteiger partial charge in [0.15, 0.2) is 0 Å². The summed E-state index contributed by atoms with van der Waals surface area (Å²) in [5.41, 5.74) is 24.1. The molecule has 0 saturated heterocycles. The third-order valence-electron chi connectivity index (χ3n) is 16.5. The Bertz CT molecular complexity index is 4230.